The molecule has 0 saturated heterocycles. The highest BCUT2D eigenvalue weighted by Crippen LogP contribution is 2.23. The van der Waals surface area contributed by atoms with Crippen LogP contribution < -0.4 is 4.72 Å². The van der Waals surface area contributed by atoms with Crippen LogP contribution in [0.15, 0.2) is 58.3 Å². The Morgan fingerprint density at radius 3 is 2.13 bits per heavy atom. The molecule has 122 valence electrons. The Morgan fingerprint density at radius 2 is 1.61 bits per heavy atom. The lowest BCUT2D eigenvalue weighted by molar-refractivity contribution is 0.241. The first-order valence-electron chi connectivity index (χ1n) is 6.55. The van der Waals surface area contributed by atoms with E-state index in [-0.39, 0.29) is 10.1 Å². The molecule has 0 spiro atoms. The van der Waals surface area contributed by atoms with Crippen LogP contribution in [0, 0.1) is 5.82 Å². The van der Waals surface area contributed by atoms with E-state index in [2.05, 4.69) is 4.72 Å². The molecular weight excluding hydrogens is 339 g/mol. The monoisotopic (exact) mass is 354 g/mol. The number of sulfonamides is 1. The first kappa shape index (κ1) is 17.3. The van der Waals surface area contributed by atoms with E-state index in [4.69, 9.17) is 0 Å². The van der Waals surface area contributed by atoms with Gasteiger partial charge in [-0.2, -0.15) is 0 Å². The lowest BCUT2D eigenvalue weighted by Gasteiger charge is -2.10. The molecule has 0 fully saturated rings. The Balaban J connectivity index is 2.11. The molecule has 0 bridgehead atoms. The number of anilines is 1. The molecular formula is C15H15FN2O3S2. The van der Waals surface area contributed by atoms with Gasteiger partial charge in [0.25, 0.3) is 15.3 Å². The van der Waals surface area contributed by atoms with Gasteiger partial charge in [-0.25, -0.2) is 12.8 Å². The maximum absolute atomic E-state index is 12.9. The largest absolute Gasteiger partial charge is 0.339 e. The van der Waals surface area contributed by atoms with Crippen molar-refractivity contribution in [2.24, 2.45) is 0 Å². The number of thioether (sulfide) groups is 1. The van der Waals surface area contributed by atoms with Crippen LogP contribution in [-0.2, 0) is 10.0 Å². The van der Waals surface area contributed by atoms with Crippen LogP contribution >= 0.6 is 11.8 Å². The molecule has 0 aromatic heterocycles. The fourth-order valence-corrected chi connectivity index (χ4v) is 3.33. The zero-order valence-corrected chi connectivity index (χ0v) is 14.1. The number of nitrogens with zero attached hydrogens (tertiary/aromatic N) is 1. The number of rotatable bonds is 4. The standard InChI is InChI=1S/C15H15FN2O3S2/c1-18(2)15(19)22-13-7-5-12(6-8-13)17-23(20,21)14-9-3-11(16)4-10-14/h3-10,17H,1-2H3. The predicted octanol–water partition coefficient (Wildman–Crippen LogP) is 3.40. The van der Waals surface area contributed by atoms with Crippen LogP contribution in [0.25, 0.3) is 0 Å². The summed E-state index contributed by atoms with van der Waals surface area (Å²) in [4.78, 5) is 13.7. The second kappa shape index (κ2) is 7.01. The van der Waals surface area contributed by atoms with E-state index in [1.54, 1.807) is 38.4 Å². The summed E-state index contributed by atoms with van der Waals surface area (Å²) in [5.74, 6) is -0.504. The van der Waals surface area contributed by atoms with Crippen LogP contribution in [-0.4, -0.2) is 32.7 Å². The first-order chi connectivity index (χ1) is 10.8. The van der Waals surface area contributed by atoms with Crippen LogP contribution in [0.4, 0.5) is 14.9 Å². The predicted molar refractivity (Wildman–Crippen MR) is 88.6 cm³/mol. The highest BCUT2D eigenvalue weighted by molar-refractivity contribution is 8.13. The van der Waals surface area contributed by atoms with Crippen LogP contribution in [0.2, 0.25) is 0 Å². The normalized spacial score (nSPS) is 11.1. The van der Waals surface area contributed by atoms with Crippen molar-refractivity contribution in [2.75, 3.05) is 18.8 Å². The van der Waals surface area contributed by atoms with Gasteiger partial charge < -0.3 is 4.90 Å². The first-order valence-corrected chi connectivity index (χ1v) is 8.85. The van der Waals surface area contributed by atoms with Crippen molar-refractivity contribution in [1.82, 2.24) is 4.90 Å². The van der Waals surface area contributed by atoms with Crippen LogP contribution in [0.1, 0.15) is 0 Å². The second-order valence-electron chi connectivity index (χ2n) is 4.85. The lowest BCUT2D eigenvalue weighted by atomic mass is 10.3. The summed E-state index contributed by atoms with van der Waals surface area (Å²) >= 11 is 1.04. The molecule has 0 atom stereocenters. The van der Waals surface area contributed by atoms with Gasteiger partial charge in [0.15, 0.2) is 0 Å². The van der Waals surface area contributed by atoms with Gasteiger partial charge in [0.05, 0.1) is 4.90 Å². The Morgan fingerprint density at radius 1 is 1.04 bits per heavy atom. The van der Waals surface area contributed by atoms with Gasteiger partial charge in [0.1, 0.15) is 5.82 Å². The van der Waals surface area contributed by atoms with E-state index in [1.807, 2.05) is 0 Å². The second-order valence-corrected chi connectivity index (χ2v) is 7.55. The van der Waals surface area contributed by atoms with Gasteiger partial charge in [-0.3, -0.25) is 9.52 Å². The molecule has 0 aliphatic heterocycles. The number of nitrogens with one attached hydrogen (secondary N) is 1. The fraction of sp³-hybridized carbons (Fsp3) is 0.133. The summed E-state index contributed by atoms with van der Waals surface area (Å²) in [5.41, 5.74) is 0.357. The quantitative estimate of drug-likeness (QED) is 0.855. The number of benzene rings is 2. The van der Waals surface area contributed by atoms with Crippen LogP contribution in [0.5, 0.6) is 0 Å². The highest BCUT2D eigenvalue weighted by Gasteiger charge is 2.14. The molecule has 8 heteroatoms. The van der Waals surface area contributed by atoms with Gasteiger partial charge >= 0.3 is 0 Å². The van der Waals surface area contributed by atoms with Gasteiger partial charge in [-0.05, 0) is 60.3 Å². The van der Waals surface area contributed by atoms with Crippen molar-refractivity contribution in [2.45, 2.75) is 9.79 Å². The molecule has 0 radical (unpaired) electrons. The Hall–Kier alpha value is -2.06. The van der Waals surface area contributed by atoms with Crippen molar-refractivity contribution < 1.29 is 17.6 Å². The molecule has 2 aromatic carbocycles. The van der Waals surface area contributed by atoms with Crippen LogP contribution in [0.3, 0.4) is 0 Å². The zero-order valence-electron chi connectivity index (χ0n) is 12.5. The van der Waals surface area contributed by atoms with Gasteiger partial charge in [0.2, 0.25) is 0 Å². The van der Waals surface area contributed by atoms with E-state index in [9.17, 15) is 17.6 Å². The summed E-state index contributed by atoms with van der Waals surface area (Å²) in [5, 5.41) is -0.121. The number of halogens is 1. The molecule has 0 aliphatic rings. The van der Waals surface area contributed by atoms with Crippen molar-refractivity contribution in [3.63, 3.8) is 0 Å². The van der Waals surface area contributed by atoms with E-state index in [0.29, 0.717) is 10.6 Å². The maximum Gasteiger partial charge on any atom is 0.285 e. The smallest absolute Gasteiger partial charge is 0.285 e. The molecule has 2 rings (SSSR count). The van der Waals surface area contributed by atoms with E-state index in [0.717, 1.165) is 23.9 Å². The van der Waals surface area contributed by atoms with Crippen molar-refractivity contribution in [3.8, 4) is 0 Å². The topological polar surface area (TPSA) is 66.5 Å². The molecule has 0 aliphatic carbocycles. The third kappa shape index (κ3) is 4.70. The summed E-state index contributed by atoms with van der Waals surface area (Å²) < 4.78 is 39.6. The average Bonchev–Trinajstić information content (AvgIpc) is 2.49. The third-order valence-corrected chi connectivity index (χ3v) is 5.25. The molecule has 0 saturated carbocycles. The Labute approximate surface area is 138 Å². The maximum atomic E-state index is 12.9. The lowest BCUT2D eigenvalue weighted by Crippen LogP contribution is -2.16. The summed E-state index contributed by atoms with van der Waals surface area (Å²) in [6.45, 7) is 0. The third-order valence-electron chi connectivity index (χ3n) is 2.80. The molecule has 0 heterocycles. The van der Waals surface area contributed by atoms with E-state index in [1.165, 1.54) is 17.0 Å². The minimum atomic E-state index is -3.78. The molecule has 2 aromatic rings. The Kier molecular flexibility index (Phi) is 5.27. The summed E-state index contributed by atoms with van der Waals surface area (Å²) in [7, 11) is -0.471. The van der Waals surface area contributed by atoms with Crippen molar-refractivity contribution in [1.29, 1.82) is 0 Å². The summed E-state index contributed by atoms with van der Waals surface area (Å²) in [6, 6.07) is 11.0. The average molecular weight is 354 g/mol. The molecule has 0 unspecified atom stereocenters. The van der Waals surface area contributed by atoms with E-state index >= 15 is 0 Å². The van der Waals surface area contributed by atoms with Crippen molar-refractivity contribution in [3.05, 3.63) is 54.3 Å². The van der Waals surface area contributed by atoms with Gasteiger partial charge in [-0.15, -0.1) is 0 Å². The number of carbonyl (C=O) groups is 1. The number of amides is 1. The molecule has 1 amide bonds. The van der Waals surface area contributed by atoms with Gasteiger partial charge in [-0.1, -0.05) is 0 Å². The zero-order chi connectivity index (χ0) is 17.0. The molecule has 1 N–H and O–H groups in total. The Bertz CT molecular complexity index is 788. The summed E-state index contributed by atoms with van der Waals surface area (Å²) in [6.07, 6.45) is 0. The SMILES string of the molecule is CN(C)C(=O)Sc1ccc(NS(=O)(=O)c2ccc(F)cc2)cc1. The van der Waals surface area contributed by atoms with E-state index < -0.39 is 15.8 Å². The fourth-order valence-electron chi connectivity index (χ4n) is 1.61. The minimum Gasteiger partial charge on any atom is -0.339 e. The molecule has 23 heavy (non-hydrogen) atoms. The van der Waals surface area contributed by atoms with Crippen molar-refractivity contribution >= 4 is 32.7 Å². The molecule has 5 nitrogen and oxygen atoms in total. The number of hydrogen-bond donors (Lipinski definition) is 1. The number of hydrogen-bond acceptors (Lipinski definition) is 4. The van der Waals surface area contributed by atoms with Gasteiger partial charge in [0, 0.05) is 24.7 Å². The number of carbonyl (C=O) groups excluding carboxylic acids is 1. The minimum absolute atomic E-state index is 0.0277. The highest BCUT2D eigenvalue weighted by atomic mass is 32.2.